The van der Waals surface area contributed by atoms with Crippen molar-refractivity contribution in [3.05, 3.63) is 0 Å². The Hall–Kier alpha value is -0.0800. The van der Waals surface area contributed by atoms with Crippen LogP contribution in [0.25, 0.3) is 0 Å². The van der Waals surface area contributed by atoms with E-state index >= 15 is 0 Å². The van der Waals surface area contributed by atoms with E-state index in [-0.39, 0.29) is 0 Å². The molecule has 0 aromatic rings. The van der Waals surface area contributed by atoms with Gasteiger partial charge in [-0.2, -0.15) is 0 Å². The molecule has 4 unspecified atom stereocenters. The van der Waals surface area contributed by atoms with E-state index in [1.807, 2.05) is 0 Å². The maximum atomic E-state index is 5.69. The van der Waals surface area contributed by atoms with E-state index in [0.717, 1.165) is 23.7 Å². The topological polar surface area (TPSA) is 38.0 Å². The van der Waals surface area contributed by atoms with Gasteiger partial charge in [0.25, 0.3) is 0 Å². The number of hydrogen-bond acceptors (Lipinski definition) is 2. The molecule has 2 aliphatic carbocycles. The maximum Gasteiger partial charge on any atom is 0.0269 e. The lowest BCUT2D eigenvalue weighted by Gasteiger charge is -2.22. The molecule has 2 saturated carbocycles. The van der Waals surface area contributed by atoms with Crippen molar-refractivity contribution in [3.63, 3.8) is 0 Å². The van der Waals surface area contributed by atoms with E-state index in [1.165, 1.54) is 32.1 Å². The normalized spacial score (nSPS) is 40.1. The first kappa shape index (κ1) is 10.4. The molecule has 2 aliphatic rings. The SMILES string of the molecule is CCC(C)C(NN)C1C2CCCCC21. The van der Waals surface area contributed by atoms with Gasteiger partial charge in [-0.15, -0.1) is 0 Å². The van der Waals surface area contributed by atoms with Crippen molar-refractivity contribution in [1.29, 1.82) is 0 Å². The molecule has 2 nitrogen and oxygen atoms in total. The van der Waals surface area contributed by atoms with Crippen molar-refractivity contribution in [2.24, 2.45) is 29.5 Å². The van der Waals surface area contributed by atoms with E-state index in [4.69, 9.17) is 5.84 Å². The summed E-state index contributed by atoms with van der Waals surface area (Å²) in [7, 11) is 0. The minimum absolute atomic E-state index is 0.577. The van der Waals surface area contributed by atoms with Gasteiger partial charge in [0, 0.05) is 6.04 Å². The molecule has 0 aromatic heterocycles. The van der Waals surface area contributed by atoms with Crippen molar-refractivity contribution in [1.82, 2.24) is 5.43 Å². The zero-order chi connectivity index (χ0) is 10.1. The molecule has 0 saturated heterocycles. The average Bonchev–Trinajstić information content (AvgIpc) is 2.94. The zero-order valence-electron chi connectivity index (χ0n) is 9.50. The van der Waals surface area contributed by atoms with Crippen LogP contribution in [-0.4, -0.2) is 6.04 Å². The fourth-order valence-corrected chi connectivity index (χ4v) is 3.49. The molecule has 2 rings (SSSR count). The number of nitrogens with two attached hydrogens (primary N) is 1. The second-order valence-corrected chi connectivity index (χ2v) is 5.27. The van der Waals surface area contributed by atoms with Crippen molar-refractivity contribution in [2.45, 2.75) is 52.0 Å². The number of nitrogens with one attached hydrogen (secondary N) is 1. The van der Waals surface area contributed by atoms with Crippen LogP contribution < -0.4 is 11.3 Å². The molecule has 0 aromatic carbocycles. The molecule has 3 N–H and O–H groups in total. The Bertz CT molecular complexity index is 181. The largest absolute Gasteiger partial charge is 0.271 e. The van der Waals surface area contributed by atoms with Gasteiger partial charge in [0.1, 0.15) is 0 Å². The smallest absolute Gasteiger partial charge is 0.0269 e. The molecule has 4 atom stereocenters. The Labute approximate surface area is 87.6 Å². The predicted octanol–water partition coefficient (Wildman–Crippen LogP) is 2.30. The lowest BCUT2D eigenvalue weighted by Crippen LogP contribution is -2.42. The van der Waals surface area contributed by atoms with Gasteiger partial charge in [-0.3, -0.25) is 11.3 Å². The van der Waals surface area contributed by atoms with Gasteiger partial charge in [0.05, 0.1) is 0 Å². The van der Waals surface area contributed by atoms with Gasteiger partial charge in [0.2, 0.25) is 0 Å². The summed E-state index contributed by atoms with van der Waals surface area (Å²) >= 11 is 0. The van der Waals surface area contributed by atoms with Crippen LogP contribution in [0.4, 0.5) is 0 Å². The molecule has 82 valence electrons. The molecule has 0 amide bonds. The number of hydrazine groups is 1. The molecular formula is C12H24N2. The van der Waals surface area contributed by atoms with Crippen LogP contribution >= 0.6 is 0 Å². The molecular weight excluding hydrogens is 172 g/mol. The Morgan fingerprint density at radius 2 is 1.86 bits per heavy atom. The second kappa shape index (κ2) is 4.19. The molecule has 0 spiro atoms. The molecule has 2 fully saturated rings. The highest BCUT2D eigenvalue weighted by Crippen LogP contribution is 2.57. The summed E-state index contributed by atoms with van der Waals surface area (Å²) in [6, 6.07) is 0.577. The summed E-state index contributed by atoms with van der Waals surface area (Å²) in [6.45, 7) is 4.59. The molecule has 0 radical (unpaired) electrons. The quantitative estimate of drug-likeness (QED) is 0.535. The van der Waals surface area contributed by atoms with Crippen molar-refractivity contribution >= 4 is 0 Å². The summed E-state index contributed by atoms with van der Waals surface area (Å²) in [6.07, 6.45) is 7.07. The first-order valence-electron chi connectivity index (χ1n) is 6.25. The fraction of sp³-hybridized carbons (Fsp3) is 1.00. The third-order valence-electron chi connectivity index (χ3n) is 4.59. The fourth-order valence-electron chi connectivity index (χ4n) is 3.49. The lowest BCUT2D eigenvalue weighted by molar-refractivity contribution is 0.317. The predicted molar refractivity (Wildman–Crippen MR) is 59.5 cm³/mol. The van der Waals surface area contributed by atoms with Crippen LogP contribution in [0.5, 0.6) is 0 Å². The van der Waals surface area contributed by atoms with Gasteiger partial charge in [-0.05, 0) is 36.5 Å². The van der Waals surface area contributed by atoms with Gasteiger partial charge in [-0.1, -0.05) is 33.1 Å². The van der Waals surface area contributed by atoms with E-state index in [0.29, 0.717) is 6.04 Å². The van der Waals surface area contributed by atoms with Gasteiger partial charge >= 0.3 is 0 Å². The number of fused-ring (bicyclic) bond motifs is 1. The molecule has 14 heavy (non-hydrogen) atoms. The highest BCUT2D eigenvalue weighted by Gasteiger charge is 2.54. The third-order valence-corrected chi connectivity index (χ3v) is 4.59. The van der Waals surface area contributed by atoms with Gasteiger partial charge in [0.15, 0.2) is 0 Å². The second-order valence-electron chi connectivity index (χ2n) is 5.27. The number of hydrogen-bond donors (Lipinski definition) is 2. The van der Waals surface area contributed by atoms with Crippen LogP contribution in [0.2, 0.25) is 0 Å². The van der Waals surface area contributed by atoms with Gasteiger partial charge in [-0.25, -0.2) is 0 Å². The third kappa shape index (κ3) is 1.70. The monoisotopic (exact) mass is 196 g/mol. The summed E-state index contributed by atoms with van der Waals surface area (Å²) in [5.74, 6) is 9.35. The Morgan fingerprint density at radius 1 is 1.29 bits per heavy atom. The maximum absolute atomic E-state index is 5.69. The average molecular weight is 196 g/mol. The summed E-state index contributed by atoms with van der Waals surface area (Å²) < 4.78 is 0. The summed E-state index contributed by atoms with van der Waals surface area (Å²) in [5.41, 5.74) is 3.07. The number of rotatable bonds is 4. The van der Waals surface area contributed by atoms with Crippen molar-refractivity contribution < 1.29 is 0 Å². The van der Waals surface area contributed by atoms with Crippen LogP contribution in [-0.2, 0) is 0 Å². The van der Waals surface area contributed by atoms with E-state index in [9.17, 15) is 0 Å². The van der Waals surface area contributed by atoms with Crippen molar-refractivity contribution in [3.8, 4) is 0 Å². The Morgan fingerprint density at radius 3 is 2.29 bits per heavy atom. The van der Waals surface area contributed by atoms with E-state index in [1.54, 1.807) is 0 Å². The van der Waals surface area contributed by atoms with E-state index in [2.05, 4.69) is 19.3 Å². The first-order valence-corrected chi connectivity index (χ1v) is 6.25. The van der Waals surface area contributed by atoms with Crippen LogP contribution in [0, 0.1) is 23.7 Å². The van der Waals surface area contributed by atoms with Crippen molar-refractivity contribution in [2.75, 3.05) is 0 Å². The Kier molecular flexibility index (Phi) is 3.13. The molecule has 2 heteroatoms. The van der Waals surface area contributed by atoms with E-state index < -0.39 is 0 Å². The zero-order valence-corrected chi connectivity index (χ0v) is 9.50. The highest BCUT2D eigenvalue weighted by atomic mass is 15.2. The standard InChI is InChI=1S/C12H24N2/c1-3-8(2)12(14-13)11-9-6-4-5-7-10(9)11/h8-12,14H,3-7,13H2,1-2H3. The summed E-state index contributed by atoms with van der Waals surface area (Å²) in [4.78, 5) is 0. The van der Waals surface area contributed by atoms with Gasteiger partial charge < -0.3 is 0 Å². The molecule has 0 heterocycles. The molecule has 0 aliphatic heterocycles. The highest BCUT2D eigenvalue weighted by molar-refractivity contribution is 5.05. The lowest BCUT2D eigenvalue weighted by atomic mass is 9.94. The Balaban J connectivity index is 1.93. The van der Waals surface area contributed by atoms with Crippen LogP contribution in [0.15, 0.2) is 0 Å². The van der Waals surface area contributed by atoms with Crippen LogP contribution in [0.1, 0.15) is 46.0 Å². The van der Waals surface area contributed by atoms with Crippen LogP contribution in [0.3, 0.4) is 0 Å². The minimum atomic E-state index is 0.577. The minimum Gasteiger partial charge on any atom is -0.271 e. The molecule has 0 bridgehead atoms. The first-order chi connectivity index (χ1) is 6.79. The summed E-state index contributed by atoms with van der Waals surface area (Å²) in [5, 5.41) is 0.